The van der Waals surface area contributed by atoms with E-state index in [1.165, 1.54) is 23.2 Å². The largest absolute Gasteiger partial charge is 0.436 e. The van der Waals surface area contributed by atoms with Gasteiger partial charge in [-0.1, -0.05) is 18.2 Å². The zero-order valence-electron chi connectivity index (χ0n) is 20.8. The van der Waals surface area contributed by atoms with E-state index in [-0.39, 0.29) is 25.1 Å². The third-order valence-electron chi connectivity index (χ3n) is 6.04. The molecule has 0 fully saturated rings. The quantitative estimate of drug-likeness (QED) is 0.203. The SMILES string of the molecule is C=S(=O)(O)c1ccccc1.C[C@]1(CN2Cc3nc(-c4ccc(F)cc4)sc3C2)Cn2cc([N+](=O)[O-])nc2O1.S. The molecule has 39 heavy (non-hydrogen) atoms. The van der Waals surface area contributed by atoms with Crippen molar-refractivity contribution in [1.29, 1.82) is 0 Å². The molecule has 0 bridgehead atoms. The first-order valence-electron chi connectivity index (χ1n) is 11.5. The summed E-state index contributed by atoms with van der Waals surface area (Å²) in [5, 5.41) is 11.7. The molecule has 0 aliphatic carbocycles. The van der Waals surface area contributed by atoms with E-state index >= 15 is 0 Å². The lowest BCUT2D eigenvalue weighted by molar-refractivity contribution is -0.389. The molecule has 0 radical (unpaired) electrons. The number of hydrogen-bond donors (Lipinski definition) is 1. The molecule has 0 amide bonds. The van der Waals surface area contributed by atoms with Crippen LogP contribution < -0.4 is 4.74 Å². The summed E-state index contributed by atoms with van der Waals surface area (Å²) in [7, 11) is -3.00. The molecule has 2 aliphatic rings. The molecule has 2 atom stereocenters. The second-order valence-corrected chi connectivity index (χ2v) is 12.1. The standard InChI is InChI=1S/C18H16FN5O3S.C7H8O2S.H2S/c1-18(10-23-8-15(24(25)26)21-17(23)27-18)9-22-6-13-14(7-22)28-16(20-13)11-2-4-12(19)5-3-11;1-10(8,9)7-5-3-2-4-6-7;/h2-5,8H,6-7,9-10H2,1H3;2-6H,1H2,(H,8,9);1H2/t18-;;/m0../s1. The molecule has 14 heteroatoms. The number of nitro groups is 1. The van der Waals surface area contributed by atoms with E-state index in [1.807, 2.05) is 6.92 Å². The molecule has 4 heterocycles. The highest BCUT2D eigenvalue weighted by atomic mass is 32.2. The maximum Gasteiger partial charge on any atom is 0.415 e. The number of rotatable bonds is 5. The number of thiazole rings is 1. The van der Waals surface area contributed by atoms with Crippen molar-refractivity contribution in [1.82, 2.24) is 19.4 Å². The maximum atomic E-state index is 13.1. The van der Waals surface area contributed by atoms with Crippen LogP contribution in [0.25, 0.3) is 10.6 Å². The highest BCUT2D eigenvalue weighted by Gasteiger charge is 2.42. The second-order valence-electron chi connectivity index (χ2n) is 9.31. The van der Waals surface area contributed by atoms with Crippen molar-refractivity contribution < 1.29 is 22.8 Å². The van der Waals surface area contributed by atoms with Gasteiger partial charge in [0.1, 0.15) is 32.4 Å². The summed E-state index contributed by atoms with van der Waals surface area (Å²) in [6.45, 7) is 4.65. The van der Waals surface area contributed by atoms with E-state index in [2.05, 4.69) is 15.8 Å². The number of halogens is 1. The van der Waals surface area contributed by atoms with Crippen LogP contribution in [0.2, 0.25) is 0 Å². The number of fused-ring (bicyclic) bond motifs is 2. The van der Waals surface area contributed by atoms with Crippen LogP contribution >= 0.6 is 24.8 Å². The van der Waals surface area contributed by atoms with Crippen molar-refractivity contribution in [3.8, 4) is 16.6 Å². The van der Waals surface area contributed by atoms with Crippen molar-refractivity contribution in [3.63, 3.8) is 0 Å². The van der Waals surface area contributed by atoms with Gasteiger partial charge in [0.25, 0.3) is 0 Å². The summed E-state index contributed by atoms with van der Waals surface area (Å²) in [5.41, 5.74) is 1.47. The Morgan fingerprint density at radius 2 is 1.90 bits per heavy atom. The number of aromatic nitrogens is 3. The summed E-state index contributed by atoms with van der Waals surface area (Å²) < 4.78 is 40.5. The Bertz CT molecular complexity index is 1540. The topological polar surface area (TPSA) is 124 Å². The fourth-order valence-electron chi connectivity index (χ4n) is 4.40. The Hall–Kier alpha value is -3.30. The predicted octanol–water partition coefficient (Wildman–Crippen LogP) is 4.57. The van der Waals surface area contributed by atoms with Crippen molar-refractivity contribution >= 4 is 46.3 Å². The van der Waals surface area contributed by atoms with Gasteiger partial charge in [-0.15, -0.1) is 11.3 Å². The molecule has 6 rings (SSSR count). The first-order valence-corrected chi connectivity index (χ1v) is 14.0. The molecule has 2 aromatic carbocycles. The Morgan fingerprint density at radius 1 is 1.21 bits per heavy atom. The van der Waals surface area contributed by atoms with Gasteiger partial charge >= 0.3 is 11.8 Å². The minimum atomic E-state index is -3.00. The summed E-state index contributed by atoms with van der Waals surface area (Å²) in [6, 6.07) is 15.0. The molecule has 1 unspecified atom stereocenters. The molecule has 10 nitrogen and oxygen atoms in total. The van der Waals surface area contributed by atoms with Crippen molar-refractivity contribution in [2.75, 3.05) is 6.54 Å². The van der Waals surface area contributed by atoms with Crippen molar-refractivity contribution in [2.24, 2.45) is 0 Å². The van der Waals surface area contributed by atoms with Gasteiger partial charge in [-0.05, 0) is 54.1 Å². The van der Waals surface area contributed by atoms with E-state index in [9.17, 15) is 18.7 Å². The van der Waals surface area contributed by atoms with Gasteiger partial charge in [0.15, 0.2) is 0 Å². The van der Waals surface area contributed by atoms with E-state index in [4.69, 9.17) is 14.3 Å². The molecule has 2 aliphatic heterocycles. The van der Waals surface area contributed by atoms with E-state index in [1.54, 1.807) is 58.4 Å². The van der Waals surface area contributed by atoms with E-state index in [0.29, 0.717) is 30.5 Å². The molecule has 0 spiro atoms. The minimum Gasteiger partial charge on any atom is -0.436 e. The van der Waals surface area contributed by atoms with Crippen LogP contribution in [-0.2, 0) is 29.4 Å². The van der Waals surface area contributed by atoms with Crippen molar-refractivity contribution in [3.05, 3.63) is 87.3 Å². The number of imidazole rings is 1. The minimum absolute atomic E-state index is 0. The van der Waals surface area contributed by atoms with E-state index < -0.39 is 20.3 Å². The lowest BCUT2D eigenvalue weighted by atomic mass is 10.1. The van der Waals surface area contributed by atoms with Gasteiger partial charge in [0.05, 0.1) is 17.1 Å². The van der Waals surface area contributed by atoms with Crippen LogP contribution in [0.1, 0.15) is 17.5 Å². The van der Waals surface area contributed by atoms with Crippen molar-refractivity contribution in [2.45, 2.75) is 37.1 Å². The predicted molar refractivity (Wildman–Crippen MR) is 153 cm³/mol. The van der Waals surface area contributed by atoms with Gasteiger partial charge in [-0.2, -0.15) is 13.5 Å². The average Bonchev–Trinajstić information content (AvgIpc) is 3.59. The highest BCUT2D eigenvalue weighted by Crippen LogP contribution is 2.37. The van der Waals surface area contributed by atoms with Crippen LogP contribution in [0.3, 0.4) is 0 Å². The fourth-order valence-corrected chi connectivity index (χ4v) is 6.10. The lowest BCUT2D eigenvalue weighted by Gasteiger charge is -2.27. The van der Waals surface area contributed by atoms with Gasteiger partial charge < -0.3 is 19.4 Å². The Balaban J connectivity index is 0.000000273. The summed E-state index contributed by atoms with van der Waals surface area (Å²) >= 11 is 1.63. The Kier molecular flexibility index (Phi) is 8.14. The Labute approximate surface area is 235 Å². The number of hydrogen-bond acceptors (Lipinski definition) is 8. The Morgan fingerprint density at radius 3 is 2.46 bits per heavy atom. The first-order chi connectivity index (χ1) is 18.0. The third kappa shape index (κ3) is 6.47. The van der Waals surface area contributed by atoms with Crippen LogP contribution in [-0.4, -0.2) is 51.1 Å². The molecular weight excluding hydrogens is 566 g/mol. The summed E-state index contributed by atoms with van der Waals surface area (Å²) in [6.07, 6.45) is 1.41. The van der Waals surface area contributed by atoms with Gasteiger partial charge in [-0.25, -0.2) is 13.6 Å². The maximum absolute atomic E-state index is 13.1. The zero-order chi connectivity index (χ0) is 27.1. The fraction of sp³-hybridized carbons (Fsp3) is 0.240. The zero-order valence-corrected chi connectivity index (χ0v) is 23.5. The number of ether oxygens (including phenoxy) is 1. The molecule has 1 N–H and O–H groups in total. The van der Waals surface area contributed by atoms with Crippen LogP contribution in [0.15, 0.2) is 65.7 Å². The van der Waals surface area contributed by atoms with Crippen LogP contribution in [0, 0.1) is 15.9 Å². The molecule has 0 saturated carbocycles. The molecule has 4 aromatic rings. The average molecular weight is 592 g/mol. The van der Waals surface area contributed by atoms with Gasteiger partial charge in [-0.3, -0.25) is 9.47 Å². The first kappa shape index (κ1) is 28.7. The number of benzene rings is 2. The van der Waals surface area contributed by atoms with Gasteiger partial charge in [0.2, 0.25) is 0 Å². The smallest absolute Gasteiger partial charge is 0.415 e. The van der Waals surface area contributed by atoms with Crippen LogP contribution in [0.4, 0.5) is 10.2 Å². The molecular formula is C25H26FN5O5S3. The van der Waals surface area contributed by atoms with Gasteiger partial charge in [0, 0.05) is 35.1 Å². The number of nitrogens with zero attached hydrogens (tertiary/aromatic N) is 5. The normalized spacial score (nSPS) is 19.1. The monoisotopic (exact) mass is 591 g/mol. The third-order valence-corrected chi connectivity index (χ3v) is 8.18. The molecule has 2 aromatic heterocycles. The molecule has 206 valence electrons. The highest BCUT2D eigenvalue weighted by molar-refractivity contribution is 7.95. The van der Waals surface area contributed by atoms with E-state index in [0.717, 1.165) is 22.8 Å². The lowest BCUT2D eigenvalue weighted by Crippen LogP contribution is -2.43. The summed E-state index contributed by atoms with van der Waals surface area (Å²) in [5.74, 6) is 2.67. The van der Waals surface area contributed by atoms with Crippen LogP contribution in [0.5, 0.6) is 6.01 Å². The molecule has 0 saturated heterocycles. The summed E-state index contributed by atoms with van der Waals surface area (Å²) in [4.78, 5) is 22.8. The second kappa shape index (κ2) is 11.1.